The smallest absolute Gasteiger partial charge is 0.341 e. The fraction of sp³-hybridized carbons (Fsp3) is 0.182. The normalized spacial score (nSPS) is 10.6. The van der Waals surface area contributed by atoms with Gasteiger partial charge in [-0.15, -0.1) is 0 Å². The van der Waals surface area contributed by atoms with Crippen molar-refractivity contribution in [3.63, 3.8) is 0 Å². The number of carbonyl (C=O) groups excluding carboxylic acids is 1. The Balaban J connectivity index is 1.68. The molecule has 0 radical (unpaired) electrons. The molecule has 0 atom stereocenters. The van der Waals surface area contributed by atoms with Crippen molar-refractivity contribution in [2.45, 2.75) is 19.9 Å². The van der Waals surface area contributed by atoms with E-state index in [0.717, 1.165) is 11.1 Å². The summed E-state index contributed by atoms with van der Waals surface area (Å²) in [5.74, 6) is -0.482. The predicted octanol–water partition coefficient (Wildman–Crippen LogP) is 3.73. The monoisotopic (exact) mass is 363 g/mol. The van der Waals surface area contributed by atoms with Crippen LogP contribution in [0.5, 0.6) is 5.75 Å². The Morgan fingerprint density at radius 1 is 1.04 bits per heavy atom. The van der Waals surface area contributed by atoms with Gasteiger partial charge in [0.1, 0.15) is 5.75 Å². The number of hydrogen-bond acceptors (Lipinski definition) is 3. The summed E-state index contributed by atoms with van der Waals surface area (Å²) in [5, 5.41) is 8.70. The van der Waals surface area contributed by atoms with Gasteiger partial charge < -0.3 is 14.4 Å². The van der Waals surface area contributed by atoms with Crippen LogP contribution in [-0.2, 0) is 17.8 Å². The Kier molecular flexibility index (Phi) is 5.71. The molecule has 1 aromatic heterocycles. The number of benzene rings is 2. The van der Waals surface area contributed by atoms with Crippen molar-refractivity contribution in [3.8, 4) is 5.75 Å². The molecule has 0 unspecified atom stereocenters. The lowest BCUT2D eigenvalue weighted by Gasteiger charge is -2.10. The van der Waals surface area contributed by atoms with E-state index >= 15 is 0 Å². The molecule has 3 rings (SSSR count). The van der Waals surface area contributed by atoms with E-state index in [1.807, 2.05) is 72.3 Å². The van der Waals surface area contributed by atoms with Crippen LogP contribution in [0.2, 0.25) is 0 Å². The molecule has 0 aliphatic rings. The second-order valence-corrected chi connectivity index (χ2v) is 6.36. The third-order valence-electron chi connectivity index (χ3n) is 4.28. The van der Waals surface area contributed by atoms with E-state index < -0.39 is 5.97 Å². The van der Waals surface area contributed by atoms with Gasteiger partial charge in [0.25, 0.3) is 0 Å². The van der Waals surface area contributed by atoms with E-state index in [2.05, 4.69) is 0 Å². The second kappa shape index (κ2) is 8.36. The van der Waals surface area contributed by atoms with Gasteiger partial charge >= 0.3 is 5.97 Å². The number of aromatic nitrogens is 1. The fourth-order valence-corrected chi connectivity index (χ4v) is 2.85. The molecule has 3 aromatic rings. The number of carboxylic acid groups (broad SMARTS) is 1. The third kappa shape index (κ3) is 4.85. The number of nitrogens with zero attached hydrogens (tertiary/aromatic N) is 1. The minimum atomic E-state index is -1.01. The molecule has 1 heterocycles. The van der Waals surface area contributed by atoms with Crippen molar-refractivity contribution in [1.29, 1.82) is 0 Å². The topological polar surface area (TPSA) is 68.5 Å². The van der Waals surface area contributed by atoms with Crippen LogP contribution in [0.3, 0.4) is 0 Å². The number of hydrogen-bond donors (Lipinski definition) is 1. The number of carboxylic acids is 1. The number of ether oxygens (including phenoxy) is 1. The molecule has 1 N–H and O–H groups in total. The largest absolute Gasteiger partial charge is 0.482 e. The molecule has 0 fully saturated rings. The van der Waals surface area contributed by atoms with Gasteiger partial charge in [-0.2, -0.15) is 0 Å². The van der Waals surface area contributed by atoms with E-state index in [9.17, 15) is 9.59 Å². The van der Waals surface area contributed by atoms with E-state index in [0.29, 0.717) is 30.0 Å². The Hall–Kier alpha value is -3.34. The van der Waals surface area contributed by atoms with Crippen LogP contribution in [0.1, 0.15) is 27.2 Å². The molecule has 0 saturated carbocycles. The lowest BCUT2D eigenvalue weighted by molar-refractivity contribution is -0.139. The van der Waals surface area contributed by atoms with Gasteiger partial charge in [0.05, 0.1) is 5.69 Å². The highest BCUT2D eigenvalue weighted by atomic mass is 16.5. The second-order valence-electron chi connectivity index (χ2n) is 6.36. The summed E-state index contributed by atoms with van der Waals surface area (Å²) in [4.78, 5) is 23.4. The average molecular weight is 363 g/mol. The first-order chi connectivity index (χ1) is 13.0. The maximum atomic E-state index is 12.8. The van der Waals surface area contributed by atoms with Crippen molar-refractivity contribution in [2.75, 3.05) is 6.61 Å². The zero-order chi connectivity index (χ0) is 19.2. The molecule has 0 spiro atoms. The third-order valence-corrected chi connectivity index (χ3v) is 4.28. The lowest BCUT2D eigenvalue weighted by Crippen LogP contribution is -2.11. The maximum absolute atomic E-state index is 12.8. The Bertz CT molecular complexity index is 941. The highest BCUT2D eigenvalue weighted by Crippen LogP contribution is 2.16. The molecular weight excluding hydrogens is 342 g/mol. The van der Waals surface area contributed by atoms with Gasteiger partial charge in [0.15, 0.2) is 6.61 Å². The van der Waals surface area contributed by atoms with Gasteiger partial charge in [-0.05, 0) is 43.2 Å². The quantitative estimate of drug-likeness (QED) is 0.619. The molecule has 0 aliphatic carbocycles. The minimum Gasteiger partial charge on any atom is -0.482 e. The molecule has 0 amide bonds. The molecule has 27 heavy (non-hydrogen) atoms. The van der Waals surface area contributed by atoms with Crippen LogP contribution in [0.15, 0.2) is 66.9 Å². The highest BCUT2D eigenvalue weighted by Gasteiger charge is 2.13. The number of rotatable bonds is 8. The van der Waals surface area contributed by atoms with Gasteiger partial charge in [0, 0.05) is 18.3 Å². The zero-order valence-corrected chi connectivity index (χ0v) is 15.1. The predicted molar refractivity (Wildman–Crippen MR) is 102 cm³/mol. The molecule has 5 heteroatoms. The van der Waals surface area contributed by atoms with E-state index in [-0.39, 0.29) is 12.4 Å². The molecule has 138 valence electrons. The number of ketones is 1. The number of aliphatic carboxylic acids is 1. The van der Waals surface area contributed by atoms with E-state index in [4.69, 9.17) is 9.84 Å². The Morgan fingerprint density at radius 2 is 1.81 bits per heavy atom. The van der Waals surface area contributed by atoms with Crippen molar-refractivity contribution in [3.05, 3.63) is 89.2 Å². The Morgan fingerprint density at radius 3 is 2.56 bits per heavy atom. The number of aryl methyl sites for hydroxylation is 3. The summed E-state index contributed by atoms with van der Waals surface area (Å²) in [6.45, 7) is 2.27. The first kappa shape index (κ1) is 18.5. The molecule has 0 aliphatic heterocycles. The molecule has 0 saturated heterocycles. The van der Waals surface area contributed by atoms with E-state index in [1.54, 1.807) is 6.07 Å². The van der Waals surface area contributed by atoms with Crippen molar-refractivity contribution in [1.82, 2.24) is 4.57 Å². The van der Waals surface area contributed by atoms with Gasteiger partial charge in [-0.25, -0.2) is 4.79 Å². The standard InChI is InChI=1S/C22H21NO4/c1-16-7-9-18(10-8-16)22(26)20-6-3-12-23(20)13-11-17-4-2-5-19(14-17)27-15-21(24)25/h2-10,12,14H,11,13,15H2,1H3,(H,24,25). The fourth-order valence-electron chi connectivity index (χ4n) is 2.85. The van der Waals surface area contributed by atoms with Gasteiger partial charge in [-0.1, -0.05) is 42.0 Å². The summed E-state index contributed by atoms with van der Waals surface area (Å²) < 4.78 is 7.15. The minimum absolute atomic E-state index is 0.00135. The zero-order valence-electron chi connectivity index (χ0n) is 15.1. The maximum Gasteiger partial charge on any atom is 0.341 e. The van der Waals surface area contributed by atoms with Crippen molar-refractivity contribution >= 4 is 11.8 Å². The van der Waals surface area contributed by atoms with Crippen LogP contribution in [0, 0.1) is 6.92 Å². The van der Waals surface area contributed by atoms with Crippen LogP contribution < -0.4 is 4.74 Å². The highest BCUT2D eigenvalue weighted by molar-refractivity contribution is 6.08. The molecule has 5 nitrogen and oxygen atoms in total. The lowest BCUT2D eigenvalue weighted by atomic mass is 10.1. The summed E-state index contributed by atoms with van der Waals surface area (Å²) in [6, 6.07) is 18.6. The average Bonchev–Trinajstić information content (AvgIpc) is 3.14. The van der Waals surface area contributed by atoms with Crippen LogP contribution >= 0.6 is 0 Å². The first-order valence-electron chi connectivity index (χ1n) is 8.73. The van der Waals surface area contributed by atoms with Crippen LogP contribution in [0.4, 0.5) is 0 Å². The van der Waals surface area contributed by atoms with Gasteiger partial charge in [0.2, 0.25) is 5.78 Å². The SMILES string of the molecule is Cc1ccc(C(=O)c2cccn2CCc2cccc(OCC(=O)O)c2)cc1. The summed E-state index contributed by atoms with van der Waals surface area (Å²) in [6.07, 6.45) is 2.60. The Labute approximate surface area is 157 Å². The summed E-state index contributed by atoms with van der Waals surface area (Å²) >= 11 is 0. The van der Waals surface area contributed by atoms with Gasteiger partial charge in [-0.3, -0.25) is 4.79 Å². The van der Waals surface area contributed by atoms with Crippen molar-refractivity contribution in [2.24, 2.45) is 0 Å². The van der Waals surface area contributed by atoms with Crippen molar-refractivity contribution < 1.29 is 19.4 Å². The number of carbonyl (C=O) groups is 2. The molecule has 0 bridgehead atoms. The first-order valence-corrected chi connectivity index (χ1v) is 8.73. The van der Waals surface area contributed by atoms with Crippen LogP contribution in [0.25, 0.3) is 0 Å². The molecular formula is C22H21NO4. The summed E-state index contributed by atoms with van der Waals surface area (Å²) in [7, 11) is 0. The van der Waals surface area contributed by atoms with E-state index in [1.165, 1.54) is 0 Å². The van der Waals surface area contributed by atoms with Crippen LogP contribution in [-0.4, -0.2) is 28.0 Å². The summed E-state index contributed by atoms with van der Waals surface area (Å²) in [5.41, 5.74) is 3.45. The molecule has 2 aromatic carbocycles.